The molecule has 0 N–H and O–H groups in total. The molecule has 0 amide bonds. The van der Waals surface area contributed by atoms with Gasteiger partial charge in [-0.05, 0) is 69.8 Å². The molecule has 56 heavy (non-hydrogen) atoms. The fourth-order valence-electron chi connectivity index (χ4n) is 8.12. The van der Waals surface area contributed by atoms with Crippen LogP contribution in [0.15, 0.2) is 200 Å². The van der Waals surface area contributed by atoms with Crippen LogP contribution in [0.4, 0.5) is 0 Å². The average molecular weight is 716 g/mol. The smallest absolute Gasteiger partial charge is 0.240 e. The Hall–Kier alpha value is -7.63. The second-order valence-corrected chi connectivity index (χ2v) is 14.1. The lowest BCUT2D eigenvalue weighted by Gasteiger charge is -2.13. The molecular formula is C51H33N5. The first-order valence-corrected chi connectivity index (χ1v) is 18.9. The SMILES string of the molecule is c1ccc(-c2ccc(-c3nc(-n4c5ccccc5c5cc(-c6ccccc6)ccc54)nc(-n4c5ccccc5c5cc(-c6ccccc6)ccc54)n3)cc2)cc1. The predicted octanol–water partition coefficient (Wildman–Crippen LogP) is 12.7. The Morgan fingerprint density at radius 2 is 0.589 bits per heavy atom. The van der Waals surface area contributed by atoms with Crippen molar-refractivity contribution in [3.8, 4) is 56.7 Å². The Kier molecular flexibility index (Phi) is 7.42. The van der Waals surface area contributed by atoms with Gasteiger partial charge < -0.3 is 0 Å². The van der Waals surface area contributed by atoms with E-state index in [9.17, 15) is 0 Å². The van der Waals surface area contributed by atoms with Gasteiger partial charge in [0, 0.05) is 27.1 Å². The number of benzene rings is 8. The quantitative estimate of drug-likeness (QED) is 0.172. The number of hydrogen-bond acceptors (Lipinski definition) is 3. The second kappa shape index (κ2) is 13.0. The van der Waals surface area contributed by atoms with E-state index in [2.05, 4.69) is 203 Å². The Balaban J connectivity index is 1.17. The van der Waals surface area contributed by atoms with E-state index in [1.807, 2.05) is 6.07 Å². The van der Waals surface area contributed by atoms with Gasteiger partial charge in [0.05, 0.1) is 22.1 Å². The maximum absolute atomic E-state index is 5.37. The molecule has 262 valence electrons. The largest absolute Gasteiger partial charge is 0.278 e. The van der Waals surface area contributed by atoms with Crippen LogP contribution in [0.2, 0.25) is 0 Å². The third-order valence-corrected chi connectivity index (χ3v) is 10.8. The number of aromatic nitrogens is 5. The van der Waals surface area contributed by atoms with Crippen molar-refractivity contribution in [3.63, 3.8) is 0 Å². The number of nitrogens with zero attached hydrogens (tertiary/aromatic N) is 5. The first-order valence-electron chi connectivity index (χ1n) is 18.9. The molecule has 11 rings (SSSR count). The van der Waals surface area contributed by atoms with Crippen LogP contribution in [0.1, 0.15) is 0 Å². The number of hydrogen-bond donors (Lipinski definition) is 0. The standard InChI is InChI=1S/C51H33N5/c1-4-14-34(15-5-1)37-24-26-38(27-25-37)49-52-50(55-45-22-12-10-20-41(45)43-32-39(28-30-47(43)55)35-16-6-2-7-17-35)54-51(53-49)56-46-23-13-11-21-42(46)44-33-40(29-31-48(44)56)36-18-8-3-9-19-36/h1-33H. The topological polar surface area (TPSA) is 48.5 Å². The lowest BCUT2D eigenvalue weighted by Crippen LogP contribution is -2.10. The van der Waals surface area contributed by atoms with Crippen LogP contribution in [0.5, 0.6) is 0 Å². The summed E-state index contributed by atoms with van der Waals surface area (Å²) in [7, 11) is 0. The first-order chi connectivity index (χ1) is 27.8. The summed E-state index contributed by atoms with van der Waals surface area (Å²) in [6, 6.07) is 70.4. The third kappa shape index (κ3) is 5.29. The normalized spacial score (nSPS) is 11.6. The summed E-state index contributed by atoms with van der Waals surface area (Å²) in [6.07, 6.45) is 0. The maximum atomic E-state index is 5.37. The molecule has 0 saturated heterocycles. The van der Waals surface area contributed by atoms with Crippen molar-refractivity contribution >= 4 is 43.6 Å². The molecule has 5 heteroatoms. The van der Waals surface area contributed by atoms with E-state index in [0.717, 1.165) is 71.4 Å². The van der Waals surface area contributed by atoms with Crippen molar-refractivity contribution in [1.82, 2.24) is 24.1 Å². The molecule has 3 heterocycles. The molecule has 0 unspecified atom stereocenters. The van der Waals surface area contributed by atoms with Gasteiger partial charge >= 0.3 is 0 Å². The molecule has 11 aromatic rings. The summed E-state index contributed by atoms with van der Waals surface area (Å²) in [6.45, 7) is 0. The van der Waals surface area contributed by atoms with Gasteiger partial charge in [-0.15, -0.1) is 0 Å². The van der Waals surface area contributed by atoms with Gasteiger partial charge in [-0.3, -0.25) is 9.13 Å². The van der Waals surface area contributed by atoms with Crippen LogP contribution in [-0.2, 0) is 0 Å². The van der Waals surface area contributed by atoms with Gasteiger partial charge in [0.15, 0.2) is 5.82 Å². The zero-order chi connectivity index (χ0) is 37.0. The number of para-hydroxylation sites is 2. The minimum Gasteiger partial charge on any atom is -0.278 e. The molecule has 0 atom stereocenters. The zero-order valence-electron chi connectivity index (χ0n) is 30.3. The molecule has 8 aromatic carbocycles. The monoisotopic (exact) mass is 715 g/mol. The molecule has 0 aliphatic rings. The lowest BCUT2D eigenvalue weighted by molar-refractivity contribution is 0.893. The number of fused-ring (bicyclic) bond motifs is 6. The molecule has 0 bridgehead atoms. The Labute approximate surface area is 323 Å². The van der Waals surface area contributed by atoms with E-state index in [1.165, 1.54) is 11.1 Å². The first kappa shape index (κ1) is 31.9. The highest BCUT2D eigenvalue weighted by atomic mass is 15.3. The molecular weight excluding hydrogens is 683 g/mol. The lowest BCUT2D eigenvalue weighted by atomic mass is 10.0. The molecule has 0 fully saturated rings. The van der Waals surface area contributed by atoms with Gasteiger partial charge in [-0.2, -0.15) is 15.0 Å². The summed E-state index contributed by atoms with van der Waals surface area (Å²) in [4.78, 5) is 15.9. The van der Waals surface area contributed by atoms with Crippen molar-refractivity contribution in [1.29, 1.82) is 0 Å². The highest BCUT2D eigenvalue weighted by molar-refractivity contribution is 6.11. The van der Waals surface area contributed by atoms with Gasteiger partial charge in [0.25, 0.3) is 0 Å². The molecule has 5 nitrogen and oxygen atoms in total. The van der Waals surface area contributed by atoms with Crippen molar-refractivity contribution in [2.45, 2.75) is 0 Å². The van der Waals surface area contributed by atoms with E-state index in [0.29, 0.717) is 17.7 Å². The summed E-state index contributed by atoms with van der Waals surface area (Å²) in [5.41, 5.74) is 12.0. The van der Waals surface area contributed by atoms with E-state index in [1.54, 1.807) is 0 Å². The maximum Gasteiger partial charge on any atom is 0.240 e. The molecule has 0 aliphatic carbocycles. The van der Waals surface area contributed by atoms with Crippen LogP contribution in [0.3, 0.4) is 0 Å². The zero-order valence-corrected chi connectivity index (χ0v) is 30.3. The van der Waals surface area contributed by atoms with E-state index >= 15 is 0 Å². The Morgan fingerprint density at radius 3 is 1.05 bits per heavy atom. The fourth-order valence-corrected chi connectivity index (χ4v) is 8.12. The minimum atomic E-state index is 0.558. The summed E-state index contributed by atoms with van der Waals surface area (Å²) < 4.78 is 4.38. The van der Waals surface area contributed by atoms with Crippen molar-refractivity contribution in [3.05, 3.63) is 200 Å². The highest BCUT2D eigenvalue weighted by Crippen LogP contribution is 2.37. The summed E-state index contributed by atoms with van der Waals surface area (Å²) >= 11 is 0. The fraction of sp³-hybridized carbons (Fsp3) is 0. The number of rotatable bonds is 6. The second-order valence-electron chi connectivity index (χ2n) is 14.1. The van der Waals surface area contributed by atoms with Gasteiger partial charge in [-0.1, -0.05) is 164 Å². The molecule has 0 radical (unpaired) electrons. The van der Waals surface area contributed by atoms with E-state index < -0.39 is 0 Å². The van der Waals surface area contributed by atoms with Crippen LogP contribution in [-0.4, -0.2) is 24.1 Å². The van der Waals surface area contributed by atoms with Crippen LogP contribution >= 0.6 is 0 Å². The summed E-state index contributed by atoms with van der Waals surface area (Å²) in [5, 5.41) is 4.56. The van der Waals surface area contributed by atoms with Crippen molar-refractivity contribution in [2.75, 3.05) is 0 Å². The summed E-state index contributed by atoms with van der Waals surface area (Å²) in [5.74, 6) is 1.72. The molecule has 0 spiro atoms. The average Bonchev–Trinajstić information content (AvgIpc) is 3.79. The van der Waals surface area contributed by atoms with Crippen molar-refractivity contribution < 1.29 is 0 Å². The molecule has 3 aromatic heterocycles. The Bertz CT molecular complexity index is 3040. The van der Waals surface area contributed by atoms with Gasteiger partial charge in [-0.25, -0.2) is 0 Å². The third-order valence-electron chi connectivity index (χ3n) is 10.8. The van der Waals surface area contributed by atoms with E-state index in [4.69, 9.17) is 15.0 Å². The Morgan fingerprint density at radius 1 is 0.250 bits per heavy atom. The van der Waals surface area contributed by atoms with Crippen LogP contribution < -0.4 is 0 Å². The predicted molar refractivity (Wildman–Crippen MR) is 230 cm³/mol. The van der Waals surface area contributed by atoms with Gasteiger partial charge in [0.1, 0.15) is 0 Å². The minimum absolute atomic E-state index is 0.558. The van der Waals surface area contributed by atoms with Crippen molar-refractivity contribution in [2.24, 2.45) is 0 Å². The van der Waals surface area contributed by atoms with Crippen LogP contribution in [0.25, 0.3) is 100 Å². The molecule has 0 aliphatic heterocycles. The van der Waals surface area contributed by atoms with Crippen LogP contribution in [0, 0.1) is 0 Å². The van der Waals surface area contributed by atoms with Gasteiger partial charge in [0.2, 0.25) is 11.9 Å². The highest BCUT2D eigenvalue weighted by Gasteiger charge is 2.21. The molecule has 0 saturated carbocycles. The van der Waals surface area contributed by atoms with E-state index in [-0.39, 0.29) is 0 Å².